The van der Waals surface area contributed by atoms with Gasteiger partial charge in [0.2, 0.25) is 0 Å². The van der Waals surface area contributed by atoms with E-state index in [2.05, 4.69) is 4.98 Å². The molecule has 1 heterocycles. The molecule has 7 heteroatoms. The molecule has 0 aliphatic carbocycles. The van der Waals surface area contributed by atoms with E-state index in [0.717, 1.165) is 0 Å². The molecule has 0 amide bonds. The highest BCUT2D eigenvalue weighted by Crippen LogP contribution is 2.35. The monoisotopic (exact) mass is 282 g/mol. The van der Waals surface area contributed by atoms with E-state index in [0.29, 0.717) is 5.56 Å². The summed E-state index contributed by atoms with van der Waals surface area (Å²) in [6.07, 6.45) is 0. The number of para-hydroxylation sites is 1. The van der Waals surface area contributed by atoms with Gasteiger partial charge in [0.05, 0.1) is 5.56 Å². The van der Waals surface area contributed by atoms with E-state index < -0.39 is 0 Å². The molecule has 0 saturated carbocycles. The fourth-order valence-electron chi connectivity index (χ4n) is 1.90. The predicted octanol–water partition coefficient (Wildman–Crippen LogP) is 2.65. The Kier molecular flexibility index (Phi) is 3.67. The molecule has 4 N–H and O–H groups in total. The molecule has 0 spiro atoms. The standard InChI is InChI=1S/C13H8N5OS/c14-5-8-11(7-3-1-2-4-10(7)18-19)9(6-15)13(20)17-12(8)16/h1-4,18H,(H3,16,17,20)/q-1. The van der Waals surface area contributed by atoms with Gasteiger partial charge in [0.25, 0.3) is 0 Å². The van der Waals surface area contributed by atoms with Crippen LogP contribution in [0.5, 0.6) is 0 Å². The van der Waals surface area contributed by atoms with Crippen molar-refractivity contribution in [3.8, 4) is 23.3 Å². The van der Waals surface area contributed by atoms with Gasteiger partial charge in [0, 0.05) is 16.8 Å². The number of anilines is 2. The highest BCUT2D eigenvalue weighted by atomic mass is 32.1. The number of nitrogens with zero attached hydrogens (tertiary/aromatic N) is 2. The zero-order valence-electron chi connectivity index (χ0n) is 10.1. The minimum absolute atomic E-state index is 0.0622. The fourth-order valence-corrected chi connectivity index (χ4v) is 2.16. The molecule has 0 bridgehead atoms. The molecule has 6 nitrogen and oxygen atoms in total. The van der Waals surface area contributed by atoms with E-state index >= 15 is 0 Å². The van der Waals surface area contributed by atoms with Gasteiger partial charge >= 0.3 is 0 Å². The van der Waals surface area contributed by atoms with Crippen LogP contribution in [-0.2, 0) is 0 Å². The van der Waals surface area contributed by atoms with Crippen molar-refractivity contribution >= 4 is 23.7 Å². The molecule has 0 fully saturated rings. The molecule has 0 aliphatic rings. The summed E-state index contributed by atoms with van der Waals surface area (Å²) in [5, 5.41) is 29.5. The summed E-state index contributed by atoms with van der Waals surface area (Å²) in [6.45, 7) is 0. The topological polar surface area (TPSA) is 124 Å². The Balaban J connectivity index is 2.97. The largest absolute Gasteiger partial charge is 0.761 e. The van der Waals surface area contributed by atoms with Crippen LogP contribution in [0, 0.1) is 32.5 Å². The molecule has 0 aliphatic heterocycles. The Labute approximate surface area is 119 Å². The first kappa shape index (κ1) is 13.6. The smallest absolute Gasteiger partial charge is 0.123 e. The lowest BCUT2D eigenvalue weighted by atomic mass is 9.95. The number of benzene rings is 1. The van der Waals surface area contributed by atoms with E-state index in [9.17, 15) is 15.7 Å². The lowest BCUT2D eigenvalue weighted by Gasteiger charge is -2.17. The Morgan fingerprint density at radius 1 is 1.20 bits per heavy atom. The second-order valence-electron chi connectivity index (χ2n) is 3.86. The third-order valence-electron chi connectivity index (χ3n) is 2.77. The molecule has 98 valence electrons. The van der Waals surface area contributed by atoms with E-state index in [1.54, 1.807) is 29.7 Å². The van der Waals surface area contributed by atoms with Crippen molar-refractivity contribution in [3.05, 3.63) is 45.2 Å². The number of nitrogens with two attached hydrogens (primary N) is 1. The van der Waals surface area contributed by atoms with Crippen molar-refractivity contribution < 1.29 is 0 Å². The first-order valence-corrected chi connectivity index (χ1v) is 5.88. The van der Waals surface area contributed by atoms with E-state index in [1.807, 2.05) is 12.1 Å². The maximum absolute atomic E-state index is 11.0. The van der Waals surface area contributed by atoms with Crippen molar-refractivity contribution in [2.45, 2.75) is 0 Å². The zero-order valence-corrected chi connectivity index (χ0v) is 10.9. The van der Waals surface area contributed by atoms with Crippen LogP contribution in [0.4, 0.5) is 11.5 Å². The Bertz CT molecular complexity index is 813. The Morgan fingerprint density at radius 3 is 2.45 bits per heavy atom. The Morgan fingerprint density at radius 2 is 1.85 bits per heavy atom. The van der Waals surface area contributed by atoms with E-state index in [4.69, 9.17) is 18.0 Å². The molecule has 2 rings (SSSR count). The molecule has 0 saturated heterocycles. The highest BCUT2D eigenvalue weighted by Gasteiger charge is 2.18. The first-order valence-electron chi connectivity index (χ1n) is 5.47. The average molecular weight is 282 g/mol. The fraction of sp³-hybridized carbons (Fsp3) is 0. The number of hydrogen-bond acceptors (Lipinski definition) is 6. The molecule has 0 atom stereocenters. The molecule has 2 aromatic rings. The van der Waals surface area contributed by atoms with Gasteiger partial charge < -0.3 is 21.4 Å². The minimum atomic E-state index is 0.0622. The lowest BCUT2D eigenvalue weighted by Crippen LogP contribution is -2.02. The maximum atomic E-state index is 11.0. The summed E-state index contributed by atoms with van der Waals surface area (Å²) < 4.78 is 0.125. The highest BCUT2D eigenvalue weighted by molar-refractivity contribution is 7.71. The summed E-state index contributed by atoms with van der Waals surface area (Å²) in [6, 6.07) is 10.4. The third-order valence-corrected chi connectivity index (χ3v) is 3.08. The third kappa shape index (κ3) is 2.08. The summed E-state index contributed by atoms with van der Waals surface area (Å²) in [5.74, 6) is 0.0622. The van der Waals surface area contributed by atoms with Crippen LogP contribution in [-0.4, -0.2) is 4.98 Å². The summed E-state index contributed by atoms with van der Waals surface area (Å²) in [4.78, 5) is 2.61. The SMILES string of the molecule is N#Cc1c(N)[nH]c(=S)c(C#N)c1-c1ccccc1N[O-]. The van der Waals surface area contributed by atoms with Crippen molar-refractivity contribution in [2.24, 2.45) is 0 Å². The molecule has 0 radical (unpaired) electrons. The number of aromatic nitrogens is 1. The van der Waals surface area contributed by atoms with Crippen molar-refractivity contribution in [2.75, 3.05) is 11.2 Å². The van der Waals surface area contributed by atoms with Crippen LogP contribution in [0.1, 0.15) is 11.1 Å². The second kappa shape index (κ2) is 5.41. The van der Waals surface area contributed by atoms with Gasteiger partial charge in [-0.05, 0) is 6.07 Å². The van der Waals surface area contributed by atoms with Crippen LogP contribution < -0.4 is 11.2 Å². The van der Waals surface area contributed by atoms with E-state index in [1.165, 1.54) is 0 Å². The van der Waals surface area contributed by atoms with Gasteiger partial charge in [-0.1, -0.05) is 30.4 Å². The van der Waals surface area contributed by atoms with Gasteiger partial charge in [-0.25, -0.2) is 0 Å². The minimum Gasteiger partial charge on any atom is -0.761 e. The van der Waals surface area contributed by atoms with Gasteiger partial charge in [-0.3, -0.25) is 0 Å². The number of nitriles is 2. The number of aromatic amines is 1. The number of H-pyrrole nitrogens is 1. The summed E-state index contributed by atoms with van der Waals surface area (Å²) in [5.41, 5.74) is 8.60. The number of nitrogen functional groups attached to an aromatic ring is 1. The molecular formula is C13H8N5OS-. The van der Waals surface area contributed by atoms with Crippen molar-refractivity contribution in [1.29, 1.82) is 10.5 Å². The molecule has 20 heavy (non-hydrogen) atoms. The summed E-state index contributed by atoms with van der Waals surface area (Å²) >= 11 is 5.05. The van der Waals surface area contributed by atoms with E-state index in [-0.39, 0.29) is 32.8 Å². The normalized spacial score (nSPS) is 9.55. The van der Waals surface area contributed by atoms with Crippen molar-refractivity contribution in [1.82, 2.24) is 4.98 Å². The molecular weight excluding hydrogens is 274 g/mol. The van der Waals surface area contributed by atoms with Crippen LogP contribution in [0.15, 0.2) is 24.3 Å². The lowest BCUT2D eigenvalue weighted by molar-refractivity contribution is 1.26. The number of rotatable bonds is 2. The second-order valence-corrected chi connectivity index (χ2v) is 4.27. The zero-order chi connectivity index (χ0) is 14.7. The van der Waals surface area contributed by atoms with Gasteiger partial charge in [0.1, 0.15) is 28.2 Å². The van der Waals surface area contributed by atoms with Crippen LogP contribution in [0.3, 0.4) is 0 Å². The van der Waals surface area contributed by atoms with Gasteiger partial charge in [0.15, 0.2) is 0 Å². The Hall–Kier alpha value is -2.87. The average Bonchev–Trinajstić information content (AvgIpc) is 2.46. The quantitative estimate of drug-likeness (QED) is 0.574. The predicted molar refractivity (Wildman–Crippen MR) is 77.9 cm³/mol. The molecule has 0 unspecified atom stereocenters. The summed E-state index contributed by atoms with van der Waals surface area (Å²) in [7, 11) is 0. The van der Waals surface area contributed by atoms with Crippen LogP contribution in [0.25, 0.3) is 11.1 Å². The van der Waals surface area contributed by atoms with Gasteiger partial charge in [-0.2, -0.15) is 10.5 Å². The molecule has 1 aromatic heterocycles. The number of pyridine rings is 1. The maximum Gasteiger partial charge on any atom is 0.123 e. The van der Waals surface area contributed by atoms with Crippen molar-refractivity contribution in [3.63, 3.8) is 0 Å². The van der Waals surface area contributed by atoms with Crippen LogP contribution >= 0.6 is 12.2 Å². The number of nitrogens with one attached hydrogen (secondary N) is 2. The van der Waals surface area contributed by atoms with Crippen LogP contribution in [0.2, 0.25) is 0 Å². The number of hydrogen-bond donors (Lipinski definition) is 3. The molecule has 1 aromatic carbocycles. The van der Waals surface area contributed by atoms with Gasteiger partial charge in [-0.15, -0.1) is 0 Å². The first-order chi connectivity index (χ1) is 9.63.